The van der Waals surface area contributed by atoms with Crippen LogP contribution in [0.2, 0.25) is 0 Å². The van der Waals surface area contributed by atoms with Crippen LogP contribution in [0.15, 0.2) is 58.1 Å². The lowest BCUT2D eigenvalue weighted by atomic mass is 10.1. The summed E-state index contributed by atoms with van der Waals surface area (Å²) in [6.07, 6.45) is 3.60. The van der Waals surface area contributed by atoms with Crippen molar-refractivity contribution in [1.82, 2.24) is 14.5 Å². The summed E-state index contributed by atoms with van der Waals surface area (Å²) < 4.78 is 38.8. The van der Waals surface area contributed by atoms with E-state index < -0.39 is 57.3 Å². The number of fused-ring (bicyclic) bond motifs is 2. The Bertz CT molecular complexity index is 1620. The number of hydrogen-bond acceptors (Lipinski definition) is 8. The highest BCUT2D eigenvalue weighted by Crippen LogP contribution is 2.37. The number of methoxy groups -OCH3 is 1. The lowest BCUT2D eigenvalue weighted by Crippen LogP contribution is -2.52. The maximum absolute atomic E-state index is 13.8. The van der Waals surface area contributed by atoms with Crippen molar-refractivity contribution in [2.75, 3.05) is 20.2 Å². The molecule has 2 aromatic heterocycles. The Morgan fingerprint density at radius 1 is 1.20 bits per heavy atom. The van der Waals surface area contributed by atoms with E-state index in [4.69, 9.17) is 9.15 Å². The van der Waals surface area contributed by atoms with Crippen LogP contribution in [0.3, 0.4) is 0 Å². The van der Waals surface area contributed by atoms with Crippen molar-refractivity contribution in [3.05, 3.63) is 59.6 Å². The largest absolute Gasteiger partial charge is 0.618 e. The Labute approximate surface area is 230 Å². The second-order valence-corrected chi connectivity index (χ2v) is 12.3. The number of benzene rings is 1. The van der Waals surface area contributed by atoms with Crippen molar-refractivity contribution in [1.29, 1.82) is 0 Å². The molecule has 0 radical (unpaired) electrons. The number of nitrogens with one attached hydrogen (secondary N) is 1. The maximum atomic E-state index is 13.8. The minimum atomic E-state index is -4.27. The lowest BCUT2D eigenvalue weighted by molar-refractivity contribution is -0.646. The molecule has 4 heterocycles. The highest BCUT2D eigenvalue weighted by molar-refractivity contribution is 7.89. The fourth-order valence-electron chi connectivity index (χ4n) is 5.67. The summed E-state index contributed by atoms with van der Waals surface area (Å²) in [6.45, 7) is -0.280. The molecule has 0 bridgehead atoms. The zero-order valence-corrected chi connectivity index (χ0v) is 22.5. The van der Waals surface area contributed by atoms with Gasteiger partial charge in [0.25, 0.3) is 5.91 Å². The first-order valence-corrected chi connectivity index (χ1v) is 14.5. The summed E-state index contributed by atoms with van der Waals surface area (Å²) in [4.78, 5) is 41.4. The van der Waals surface area contributed by atoms with Gasteiger partial charge in [0.15, 0.2) is 17.7 Å². The predicted molar refractivity (Wildman–Crippen MR) is 140 cm³/mol. The van der Waals surface area contributed by atoms with Crippen LogP contribution in [-0.2, 0) is 19.6 Å². The fraction of sp³-hybridized carbons (Fsp3) is 0.407. The number of amides is 2. The average molecular weight is 569 g/mol. The summed E-state index contributed by atoms with van der Waals surface area (Å²) in [5.74, 6) is -0.489. The number of likely N-dealkylation sites (tertiary alicyclic amines) is 1. The van der Waals surface area contributed by atoms with E-state index in [0.717, 1.165) is 23.3 Å². The maximum Gasteiger partial charge on any atom is 0.323 e. The number of sulfonamides is 1. The van der Waals surface area contributed by atoms with Crippen molar-refractivity contribution in [2.45, 2.75) is 48.8 Å². The van der Waals surface area contributed by atoms with E-state index in [0.29, 0.717) is 23.1 Å². The van der Waals surface area contributed by atoms with E-state index in [2.05, 4.69) is 5.32 Å². The van der Waals surface area contributed by atoms with Gasteiger partial charge in [-0.2, -0.15) is 9.04 Å². The number of carbonyl (C=O) groups excluding carboxylic acids is 3. The van der Waals surface area contributed by atoms with Gasteiger partial charge in [-0.25, -0.2) is 8.42 Å². The van der Waals surface area contributed by atoms with Crippen LogP contribution in [0.1, 0.15) is 36.2 Å². The molecule has 2 aliphatic heterocycles. The lowest BCUT2D eigenvalue weighted by Gasteiger charge is -2.28. The van der Waals surface area contributed by atoms with Gasteiger partial charge in [0.05, 0.1) is 19.7 Å². The van der Waals surface area contributed by atoms with E-state index in [1.807, 2.05) is 0 Å². The molecule has 1 aromatic carbocycles. The van der Waals surface area contributed by atoms with E-state index >= 15 is 0 Å². The van der Waals surface area contributed by atoms with Crippen LogP contribution in [0.4, 0.5) is 0 Å². The average Bonchev–Trinajstić information content (AvgIpc) is 3.33. The molecule has 3 unspecified atom stereocenters. The summed E-state index contributed by atoms with van der Waals surface area (Å²) in [7, 11) is -2.73. The summed E-state index contributed by atoms with van der Waals surface area (Å²) in [6, 6.07) is 8.08. The number of nitrogens with zero attached hydrogens (tertiary/aromatic N) is 3. The number of pyridine rings is 1. The van der Waals surface area contributed by atoms with Gasteiger partial charge >= 0.3 is 15.0 Å². The van der Waals surface area contributed by atoms with Gasteiger partial charge in [-0.1, -0.05) is 12.8 Å². The minimum absolute atomic E-state index is 0.0409. The van der Waals surface area contributed by atoms with Crippen LogP contribution in [-0.4, -0.2) is 73.5 Å². The molecule has 2 saturated heterocycles. The molecule has 12 nitrogen and oxygen atoms in total. The summed E-state index contributed by atoms with van der Waals surface area (Å²) in [5, 5.41) is 15.2. The number of aromatic nitrogens is 1. The van der Waals surface area contributed by atoms with Gasteiger partial charge in [-0.15, -0.1) is 0 Å². The van der Waals surface area contributed by atoms with Gasteiger partial charge in [0.2, 0.25) is 5.91 Å². The Kier molecular flexibility index (Phi) is 6.50. The zero-order valence-electron chi connectivity index (χ0n) is 21.7. The second kappa shape index (κ2) is 9.89. The first-order chi connectivity index (χ1) is 19.2. The minimum Gasteiger partial charge on any atom is -0.618 e. The molecule has 6 rings (SSSR count). The van der Waals surface area contributed by atoms with Gasteiger partial charge in [-0.05, 0) is 49.1 Å². The van der Waals surface area contributed by atoms with Crippen molar-refractivity contribution >= 4 is 38.6 Å². The fourth-order valence-corrected chi connectivity index (χ4v) is 7.32. The van der Waals surface area contributed by atoms with Gasteiger partial charge in [-0.3, -0.25) is 14.4 Å². The Morgan fingerprint density at radius 3 is 2.73 bits per heavy atom. The van der Waals surface area contributed by atoms with E-state index in [1.54, 1.807) is 24.3 Å². The predicted octanol–water partition coefficient (Wildman–Crippen LogP) is 1.22. The van der Waals surface area contributed by atoms with E-state index in [-0.39, 0.29) is 29.4 Å². The topological polar surface area (TPSA) is 153 Å². The smallest absolute Gasteiger partial charge is 0.323 e. The molecule has 0 spiro atoms. The number of rotatable bonds is 8. The molecule has 1 N–H and O–H groups in total. The Morgan fingerprint density at radius 2 is 2.00 bits per heavy atom. The van der Waals surface area contributed by atoms with Crippen LogP contribution < -0.4 is 14.8 Å². The van der Waals surface area contributed by atoms with Crippen molar-refractivity contribution in [2.24, 2.45) is 5.92 Å². The first-order valence-electron chi connectivity index (χ1n) is 13.1. The molecular weight excluding hydrogens is 540 g/mol. The molecule has 2 amide bonds. The van der Waals surface area contributed by atoms with Crippen LogP contribution in [0, 0.1) is 11.1 Å². The zero-order chi connectivity index (χ0) is 28.2. The summed E-state index contributed by atoms with van der Waals surface area (Å²) >= 11 is 0. The monoisotopic (exact) mass is 568 g/mol. The number of carbonyl (C=O) groups is 3. The molecule has 1 saturated carbocycles. The molecule has 13 heteroatoms. The van der Waals surface area contributed by atoms with Gasteiger partial charge < -0.3 is 24.6 Å². The SMILES string of the molecule is COc1ccc2oc(C(=O)NC(CC3CC3)C(=O)N3CCC4C3C(=O)CN4S(=O)(=O)c3cccc[n+]3[O-])cc2c1. The van der Waals surface area contributed by atoms with Crippen LogP contribution in [0.25, 0.3) is 11.0 Å². The standard InChI is InChI=1S/C27H28N4O8S/c1-38-18-7-8-22-17(13-18)14-23(39-22)26(33)28-19(12-16-5-6-16)27(34)29-11-9-20-25(29)21(32)15-31(20)40(36,37)24-4-2-3-10-30(24)35/h2-4,7-8,10,13-14,16,19-20,25H,5-6,9,11-12,15H2,1H3,(H,28,33). The molecule has 3 aliphatic rings. The second-order valence-electron chi connectivity index (χ2n) is 10.4. The molecule has 1 aliphatic carbocycles. The third-order valence-corrected chi connectivity index (χ3v) is 9.70. The molecule has 210 valence electrons. The molecular formula is C27H28N4O8S. The van der Waals surface area contributed by atoms with E-state index in [1.165, 1.54) is 30.2 Å². The quantitative estimate of drug-likeness (QED) is 0.314. The molecule has 3 fully saturated rings. The molecule has 3 aromatic rings. The van der Waals surface area contributed by atoms with Gasteiger partial charge in [0.1, 0.15) is 23.4 Å². The normalized spacial score (nSPS) is 21.9. The number of hydrogen-bond donors (Lipinski definition) is 1. The van der Waals surface area contributed by atoms with Gasteiger partial charge in [0, 0.05) is 24.1 Å². The number of Topliss-reactive ketones (excluding diaryl/α,β-unsaturated/α-hetero) is 1. The van der Waals surface area contributed by atoms with Crippen LogP contribution >= 0.6 is 0 Å². The molecule has 40 heavy (non-hydrogen) atoms. The Hall–Kier alpha value is -3.97. The highest BCUT2D eigenvalue weighted by Gasteiger charge is 2.55. The third kappa shape index (κ3) is 4.58. The van der Waals surface area contributed by atoms with Crippen molar-refractivity contribution < 1.29 is 36.7 Å². The number of ketones is 1. The number of furan rings is 1. The first kappa shape index (κ1) is 26.3. The Balaban J connectivity index is 1.22. The van der Waals surface area contributed by atoms with Crippen molar-refractivity contribution in [3.63, 3.8) is 0 Å². The highest BCUT2D eigenvalue weighted by atomic mass is 32.2. The van der Waals surface area contributed by atoms with E-state index in [9.17, 15) is 28.0 Å². The number of ether oxygens (including phenoxy) is 1. The van der Waals surface area contributed by atoms with Crippen LogP contribution in [0.5, 0.6) is 5.75 Å². The van der Waals surface area contributed by atoms with Crippen molar-refractivity contribution in [3.8, 4) is 5.75 Å². The molecule has 3 atom stereocenters. The third-order valence-electron chi connectivity index (χ3n) is 7.84. The summed E-state index contributed by atoms with van der Waals surface area (Å²) in [5.41, 5.74) is 0.495.